The molecule has 0 saturated heterocycles. The van der Waals surface area contributed by atoms with E-state index < -0.39 is 5.91 Å². The molecule has 160 valence electrons. The monoisotopic (exact) mass is 464 g/mol. The van der Waals surface area contributed by atoms with E-state index in [-0.39, 0.29) is 23.6 Å². The average molecular weight is 465 g/mol. The second-order valence-corrected chi connectivity index (χ2v) is 9.07. The van der Waals surface area contributed by atoms with Crippen LogP contribution in [0.1, 0.15) is 23.2 Å². The van der Waals surface area contributed by atoms with Crippen molar-refractivity contribution in [1.82, 2.24) is 19.5 Å². The minimum Gasteiger partial charge on any atom is -0.487 e. The standard InChI is InChI=1S/C21H16N6O3S2/c1-11-10-31-20-24-19(29)16(18(22)26(11)20)7-13-3-5-15(6-4-13)30-9-14-8-17(28)27-21(23-14)32-12(2)25-27/h3-8,10,22H,9H2,1-2H3/b16-7-,22-18?. The maximum Gasteiger partial charge on any atom is 0.283 e. The Labute approximate surface area is 190 Å². The van der Waals surface area contributed by atoms with Gasteiger partial charge in [0.05, 0.1) is 11.3 Å². The highest BCUT2D eigenvalue weighted by Gasteiger charge is 2.33. The number of thioether (sulfide) groups is 1. The van der Waals surface area contributed by atoms with E-state index >= 15 is 0 Å². The van der Waals surface area contributed by atoms with Gasteiger partial charge in [0.2, 0.25) is 4.96 Å². The lowest BCUT2D eigenvalue weighted by atomic mass is 10.1. The molecule has 2 aliphatic heterocycles. The van der Waals surface area contributed by atoms with E-state index in [1.54, 1.807) is 35.2 Å². The number of hydrogen-bond acceptors (Lipinski definition) is 8. The van der Waals surface area contributed by atoms with Gasteiger partial charge in [-0.25, -0.2) is 4.98 Å². The Morgan fingerprint density at radius 1 is 1.19 bits per heavy atom. The Balaban J connectivity index is 1.32. The van der Waals surface area contributed by atoms with Crippen molar-refractivity contribution in [3.05, 3.63) is 73.6 Å². The van der Waals surface area contributed by atoms with Crippen LogP contribution in [-0.2, 0) is 11.4 Å². The van der Waals surface area contributed by atoms with E-state index in [2.05, 4.69) is 15.1 Å². The second kappa shape index (κ2) is 7.84. The normalized spacial score (nSPS) is 17.1. The summed E-state index contributed by atoms with van der Waals surface area (Å²) in [7, 11) is 0. The van der Waals surface area contributed by atoms with Crippen LogP contribution < -0.4 is 10.3 Å². The van der Waals surface area contributed by atoms with Crippen molar-refractivity contribution in [2.24, 2.45) is 4.99 Å². The molecule has 4 heterocycles. The van der Waals surface area contributed by atoms with E-state index in [0.717, 1.165) is 16.3 Å². The molecular weight excluding hydrogens is 448 g/mol. The highest BCUT2D eigenvalue weighted by atomic mass is 32.2. The number of aromatic nitrogens is 3. The van der Waals surface area contributed by atoms with Gasteiger partial charge >= 0.3 is 0 Å². The predicted molar refractivity (Wildman–Crippen MR) is 124 cm³/mol. The van der Waals surface area contributed by atoms with Crippen LogP contribution in [0.4, 0.5) is 0 Å². The number of carbonyl (C=O) groups excluding carboxylic acids is 1. The van der Waals surface area contributed by atoms with Crippen molar-refractivity contribution < 1.29 is 9.53 Å². The highest BCUT2D eigenvalue weighted by molar-refractivity contribution is 8.16. The number of aryl methyl sites for hydroxylation is 1. The quantitative estimate of drug-likeness (QED) is 0.590. The van der Waals surface area contributed by atoms with Gasteiger partial charge in [-0.15, -0.1) is 0 Å². The van der Waals surface area contributed by atoms with Crippen LogP contribution in [0.3, 0.4) is 0 Å². The maximum absolute atomic E-state index is 12.4. The molecule has 5 rings (SSSR count). The van der Waals surface area contributed by atoms with Gasteiger partial charge in [0, 0.05) is 11.8 Å². The number of fused-ring (bicyclic) bond motifs is 2. The number of benzene rings is 1. The number of nitrogens with zero attached hydrogens (tertiary/aromatic N) is 5. The molecule has 0 aliphatic carbocycles. The summed E-state index contributed by atoms with van der Waals surface area (Å²) in [6.45, 7) is 3.84. The number of ether oxygens (including phenoxy) is 1. The van der Waals surface area contributed by atoms with E-state index in [1.165, 1.54) is 33.7 Å². The summed E-state index contributed by atoms with van der Waals surface area (Å²) in [5.41, 5.74) is 2.12. The molecule has 9 nitrogen and oxygen atoms in total. The summed E-state index contributed by atoms with van der Waals surface area (Å²) in [4.78, 5) is 35.2. The van der Waals surface area contributed by atoms with E-state index in [1.807, 2.05) is 19.3 Å². The largest absolute Gasteiger partial charge is 0.487 e. The summed E-state index contributed by atoms with van der Waals surface area (Å²) in [6, 6.07) is 8.52. The Hall–Kier alpha value is -3.57. The van der Waals surface area contributed by atoms with E-state index in [0.29, 0.717) is 21.6 Å². The molecule has 0 unspecified atom stereocenters. The van der Waals surface area contributed by atoms with Gasteiger partial charge in [0.15, 0.2) is 5.17 Å². The molecule has 1 N–H and O–H groups in total. The lowest BCUT2D eigenvalue weighted by molar-refractivity contribution is -0.114. The second-order valence-electron chi connectivity index (χ2n) is 7.08. The number of rotatable bonds is 4. The Bertz CT molecular complexity index is 1430. The Kier molecular flexibility index (Phi) is 4.98. The number of nitrogens with one attached hydrogen (secondary N) is 1. The molecule has 0 spiro atoms. The molecule has 1 amide bonds. The Morgan fingerprint density at radius 2 is 1.97 bits per heavy atom. The third-order valence-electron chi connectivity index (χ3n) is 4.76. The van der Waals surface area contributed by atoms with Crippen LogP contribution in [0.25, 0.3) is 11.0 Å². The summed E-state index contributed by atoms with van der Waals surface area (Å²) in [5, 5.41) is 15.7. The Morgan fingerprint density at radius 3 is 2.75 bits per heavy atom. The average Bonchev–Trinajstić information content (AvgIpc) is 3.32. The number of aliphatic imine (C=N–C) groups is 1. The number of allylic oxidation sites excluding steroid dienone is 1. The van der Waals surface area contributed by atoms with Gasteiger partial charge in [0.25, 0.3) is 11.5 Å². The topological polar surface area (TPSA) is 113 Å². The van der Waals surface area contributed by atoms with Gasteiger partial charge in [0.1, 0.15) is 23.2 Å². The lowest BCUT2D eigenvalue weighted by Crippen LogP contribution is -2.37. The fraction of sp³-hybridized carbons (Fsp3) is 0.143. The molecule has 1 aromatic carbocycles. The van der Waals surface area contributed by atoms with Crippen LogP contribution in [0.15, 0.2) is 56.8 Å². The fourth-order valence-corrected chi connectivity index (χ4v) is 4.88. The van der Waals surface area contributed by atoms with Gasteiger partial charge in [-0.1, -0.05) is 35.2 Å². The van der Waals surface area contributed by atoms with Crippen molar-refractivity contribution >= 4 is 51.0 Å². The van der Waals surface area contributed by atoms with Gasteiger partial charge in [-0.05, 0) is 43.0 Å². The van der Waals surface area contributed by atoms with Crippen molar-refractivity contribution in [3.63, 3.8) is 0 Å². The summed E-state index contributed by atoms with van der Waals surface area (Å²) in [6.07, 6.45) is 1.65. The molecule has 2 aliphatic rings. The van der Waals surface area contributed by atoms with Crippen LogP contribution in [0.2, 0.25) is 0 Å². The first-order valence-electron chi connectivity index (χ1n) is 9.55. The van der Waals surface area contributed by atoms with Crippen LogP contribution in [0, 0.1) is 12.3 Å². The number of carbonyl (C=O) groups is 1. The summed E-state index contributed by atoms with van der Waals surface area (Å²) >= 11 is 2.68. The number of hydrogen-bond donors (Lipinski definition) is 1. The number of amides is 1. The SMILES string of the molecule is CC1=CSC2=NC(=O)/C(=C\c3ccc(OCc4cc(=O)n5nc(C)sc5n4)cc3)C(=N)N12. The van der Waals surface area contributed by atoms with Crippen LogP contribution in [-0.4, -0.2) is 36.4 Å². The van der Waals surface area contributed by atoms with E-state index in [4.69, 9.17) is 10.1 Å². The molecule has 0 radical (unpaired) electrons. The zero-order valence-corrected chi connectivity index (χ0v) is 18.7. The minimum absolute atomic E-state index is 0.116. The van der Waals surface area contributed by atoms with Gasteiger partial charge < -0.3 is 4.74 Å². The lowest BCUT2D eigenvalue weighted by Gasteiger charge is -2.25. The van der Waals surface area contributed by atoms with E-state index in [9.17, 15) is 9.59 Å². The molecule has 0 bridgehead atoms. The molecule has 11 heteroatoms. The molecule has 0 fully saturated rings. The van der Waals surface area contributed by atoms with Gasteiger partial charge in [-0.3, -0.25) is 19.9 Å². The molecule has 0 atom stereocenters. The van der Waals surface area contributed by atoms with Crippen LogP contribution in [0.5, 0.6) is 5.75 Å². The first kappa shape index (κ1) is 20.3. The van der Waals surface area contributed by atoms with Crippen molar-refractivity contribution in [2.45, 2.75) is 20.5 Å². The van der Waals surface area contributed by atoms with Crippen molar-refractivity contribution in [2.75, 3.05) is 0 Å². The van der Waals surface area contributed by atoms with Crippen molar-refractivity contribution in [3.8, 4) is 5.75 Å². The first-order valence-corrected chi connectivity index (χ1v) is 11.2. The third-order valence-corrected chi connectivity index (χ3v) is 6.53. The fourth-order valence-electron chi connectivity index (χ4n) is 3.25. The minimum atomic E-state index is -0.428. The van der Waals surface area contributed by atoms with Gasteiger partial charge in [-0.2, -0.15) is 14.6 Å². The smallest absolute Gasteiger partial charge is 0.283 e. The summed E-state index contributed by atoms with van der Waals surface area (Å²) in [5.74, 6) is 0.281. The molecule has 0 saturated carbocycles. The zero-order valence-electron chi connectivity index (χ0n) is 17.0. The zero-order chi connectivity index (χ0) is 22.4. The molecule has 3 aromatic rings. The summed E-state index contributed by atoms with van der Waals surface area (Å²) < 4.78 is 7.04. The maximum atomic E-state index is 12.4. The number of amidine groups is 2. The molecular formula is C21H16N6O3S2. The molecule has 32 heavy (non-hydrogen) atoms. The first-order chi connectivity index (χ1) is 15.4. The van der Waals surface area contributed by atoms with Crippen molar-refractivity contribution in [1.29, 1.82) is 5.41 Å². The third kappa shape index (κ3) is 3.65. The van der Waals surface area contributed by atoms with Crippen LogP contribution >= 0.6 is 23.1 Å². The highest BCUT2D eigenvalue weighted by Crippen LogP contribution is 2.32. The predicted octanol–water partition coefficient (Wildman–Crippen LogP) is 3.21. The molecule has 2 aromatic heterocycles.